The molecule has 0 aliphatic heterocycles. The van der Waals surface area contributed by atoms with Crippen molar-refractivity contribution in [3.8, 4) is 0 Å². The molecule has 0 aromatic rings. The molecular formula is C14H25Cl. The molecule has 0 aromatic heterocycles. The monoisotopic (exact) mass is 228 g/mol. The first-order valence-corrected chi connectivity index (χ1v) is 7.24. The van der Waals surface area contributed by atoms with Crippen LogP contribution in [0.4, 0.5) is 0 Å². The Hall–Kier alpha value is 0.290. The van der Waals surface area contributed by atoms with Gasteiger partial charge in [0.2, 0.25) is 0 Å². The fourth-order valence-electron chi connectivity index (χ4n) is 4.00. The SMILES string of the molecule is CC1CC(C)CC(C2CCCCC2Cl)C1. The molecular weight excluding hydrogens is 204 g/mol. The first kappa shape index (κ1) is 11.8. The van der Waals surface area contributed by atoms with E-state index in [2.05, 4.69) is 13.8 Å². The van der Waals surface area contributed by atoms with Crippen LogP contribution in [0.25, 0.3) is 0 Å². The Morgan fingerprint density at radius 2 is 1.47 bits per heavy atom. The van der Waals surface area contributed by atoms with Gasteiger partial charge in [0.1, 0.15) is 0 Å². The van der Waals surface area contributed by atoms with Gasteiger partial charge < -0.3 is 0 Å². The molecule has 0 bridgehead atoms. The van der Waals surface area contributed by atoms with E-state index in [1.54, 1.807) is 0 Å². The van der Waals surface area contributed by atoms with E-state index in [4.69, 9.17) is 11.6 Å². The van der Waals surface area contributed by atoms with Gasteiger partial charge in [0.25, 0.3) is 0 Å². The zero-order valence-corrected chi connectivity index (χ0v) is 11.0. The molecule has 0 radical (unpaired) electrons. The van der Waals surface area contributed by atoms with E-state index in [1.807, 2.05) is 0 Å². The second-order valence-electron chi connectivity index (χ2n) is 6.14. The predicted octanol–water partition coefficient (Wildman–Crippen LogP) is 4.86. The van der Waals surface area contributed by atoms with Gasteiger partial charge in [-0.2, -0.15) is 0 Å². The smallest absolute Gasteiger partial charge is 0.0366 e. The molecule has 0 amide bonds. The number of rotatable bonds is 1. The van der Waals surface area contributed by atoms with E-state index in [0.29, 0.717) is 5.38 Å². The molecule has 4 atom stereocenters. The summed E-state index contributed by atoms with van der Waals surface area (Å²) in [6.45, 7) is 4.85. The summed E-state index contributed by atoms with van der Waals surface area (Å²) >= 11 is 6.51. The van der Waals surface area contributed by atoms with Gasteiger partial charge in [0.15, 0.2) is 0 Å². The molecule has 2 aliphatic carbocycles. The van der Waals surface area contributed by atoms with E-state index >= 15 is 0 Å². The topological polar surface area (TPSA) is 0 Å². The van der Waals surface area contributed by atoms with E-state index in [9.17, 15) is 0 Å². The summed E-state index contributed by atoms with van der Waals surface area (Å²) in [5.74, 6) is 3.64. The zero-order chi connectivity index (χ0) is 10.8. The third kappa shape index (κ3) is 2.90. The van der Waals surface area contributed by atoms with Gasteiger partial charge in [-0.1, -0.05) is 26.7 Å². The van der Waals surface area contributed by atoms with Crippen molar-refractivity contribution >= 4 is 11.6 Å². The first-order valence-electron chi connectivity index (χ1n) is 6.81. The summed E-state index contributed by atoms with van der Waals surface area (Å²) in [6, 6.07) is 0. The van der Waals surface area contributed by atoms with Crippen molar-refractivity contribution in [2.24, 2.45) is 23.7 Å². The first-order chi connectivity index (χ1) is 7.16. The van der Waals surface area contributed by atoms with Gasteiger partial charge in [-0.25, -0.2) is 0 Å². The van der Waals surface area contributed by atoms with Crippen LogP contribution in [0.2, 0.25) is 0 Å². The van der Waals surface area contributed by atoms with Crippen molar-refractivity contribution in [1.29, 1.82) is 0 Å². The highest BCUT2D eigenvalue weighted by Gasteiger charge is 2.34. The minimum Gasteiger partial charge on any atom is -0.123 e. The number of hydrogen-bond acceptors (Lipinski definition) is 0. The molecule has 0 heterocycles. The zero-order valence-electron chi connectivity index (χ0n) is 10.2. The number of alkyl halides is 1. The number of hydrogen-bond donors (Lipinski definition) is 0. The van der Waals surface area contributed by atoms with Crippen LogP contribution in [-0.4, -0.2) is 5.38 Å². The minimum absolute atomic E-state index is 0.487. The van der Waals surface area contributed by atoms with Crippen LogP contribution in [0.3, 0.4) is 0 Å². The van der Waals surface area contributed by atoms with Crippen molar-refractivity contribution in [2.75, 3.05) is 0 Å². The lowest BCUT2D eigenvalue weighted by Crippen LogP contribution is -2.32. The standard InChI is InChI=1S/C14H25Cl/c1-10-7-11(2)9-12(8-10)13-5-3-4-6-14(13)15/h10-14H,3-9H2,1-2H3. The van der Waals surface area contributed by atoms with Gasteiger partial charge in [-0.15, -0.1) is 11.6 Å². The Bertz CT molecular complexity index is 192. The van der Waals surface area contributed by atoms with E-state index in [-0.39, 0.29) is 0 Å². The summed E-state index contributed by atoms with van der Waals surface area (Å²) in [5.41, 5.74) is 0. The van der Waals surface area contributed by atoms with Gasteiger partial charge in [0.05, 0.1) is 0 Å². The molecule has 2 saturated carbocycles. The van der Waals surface area contributed by atoms with Crippen LogP contribution < -0.4 is 0 Å². The van der Waals surface area contributed by atoms with Gasteiger partial charge in [0, 0.05) is 5.38 Å². The highest BCUT2D eigenvalue weighted by Crippen LogP contribution is 2.43. The van der Waals surface area contributed by atoms with Crippen molar-refractivity contribution in [1.82, 2.24) is 0 Å². The molecule has 0 N–H and O–H groups in total. The summed E-state index contributed by atoms with van der Waals surface area (Å²) < 4.78 is 0. The molecule has 15 heavy (non-hydrogen) atoms. The maximum Gasteiger partial charge on any atom is 0.0366 e. The molecule has 0 saturated heterocycles. The quantitative estimate of drug-likeness (QED) is 0.563. The van der Waals surface area contributed by atoms with Gasteiger partial charge in [-0.3, -0.25) is 0 Å². The van der Waals surface area contributed by atoms with Crippen LogP contribution >= 0.6 is 11.6 Å². The third-order valence-electron chi connectivity index (χ3n) is 4.55. The minimum atomic E-state index is 0.487. The maximum atomic E-state index is 6.51. The molecule has 4 unspecified atom stereocenters. The molecule has 0 nitrogen and oxygen atoms in total. The Morgan fingerprint density at radius 1 is 0.867 bits per heavy atom. The average molecular weight is 229 g/mol. The summed E-state index contributed by atoms with van der Waals surface area (Å²) in [7, 11) is 0. The Kier molecular flexibility index (Phi) is 3.98. The summed E-state index contributed by atoms with van der Waals surface area (Å²) in [4.78, 5) is 0. The predicted molar refractivity (Wildman–Crippen MR) is 67.3 cm³/mol. The fraction of sp³-hybridized carbons (Fsp3) is 1.00. The maximum absolute atomic E-state index is 6.51. The Morgan fingerprint density at radius 3 is 2.07 bits per heavy atom. The van der Waals surface area contributed by atoms with Crippen molar-refractivity contribution in [3.63, 3.8) is 0 Å². The lowest BCUT2D eigenvalue weighted by Gasteiger charge is -2.40. The Balaban J connectivity index is 1.95. The second kappa shape index (κ2) is 5.08. The van der Waals surface area contributed by atoms with Crippen LogP contribution in [0.1, 0.15) is 58.8 Å². The average Bonchev–Trinajstić information content (AvgIpc) is 2.16. The molecule has 2 rings (SSSR count). The van der Waals surface area contributed by atoms with Crippen molar-refractivity contribution in [3.05, 3.63) is 0 Å². The largest absolute Gasteiger partial charge is 0.123 e. The van der Waals surface area contributed by atoms with Crippen molar-refractivity contribution < 1.29 is 0 Å². The molecule has 0 aromatic carbocycles. The van der Waals surface area contributed by atoms with Crippen molar-refractivity contribution in [2.45, 2.75) is 64.2 Å². The Labute approximate surface area is 99.8 Å². The lowest BCUT2D eigenvalue weighted by atomic mass is 9.68. The van der Waals surface area contributed by atoms with Gasteiger partial charge in [-0.05, 0) is 55.8 Å². The molecule has 2 fully saturated rings. The molecule has 1 heteroatoms. The van der Waals surface area contributed by atoms with Crippen LogP contribution in [0.15, 0.2) is 0 Å². The number of halogens is 1. The second-order valence-corrected chi connectivity index (χ2v) is 6.70. The van der Waals surface area contributed by atoms with Gasteiger partial charge >= 0.3 is 0 Å². The highest BCUT2D eigenvalue weighted by atomic mass is 35.5. The third-order valence-corrected chi connectivity index (χ3v) is 5.09. The molecule has 0 spiro atoms. The van der Waals surface area contributed by atoms with Crippen LogP contribution in [0, 0.1) is 23.7 Å². The summed E-state index contributed by atoms with van der Waals surface area (Å²) in [6.07, 6.45) is 9.78. The van der Waals surface area contributed by atoms with E-state index < -0.39 is 0 Å². The van der Waals surface area contributed by atoms with Crippen LogP contribution in [-0.2, 0) is 0 Å². The highest BCUT2D eigenvalue weighted by molar-refractivity contribution is 6.20. The summed E-state index contributed by atoms with van der Waals surface area (Å²) in [5, 5.41) is 0.487. The van der Waals surface area contributed by atoms with E-state index in [0.717, 1.165) is 23.7 Å². The molecule has 88 valence electrons. The van der Waals surface area contributed by atoms with Crippen LogP contribution in [0.5, 0.6) is 0 Å². The lowest BCUT2D eigenvalue weighted by molar-refractivity contribution is 0.136. The van der Waals surface area contributed by atoms with E-state index in [1.165, 1.54) is 44.9 Å². The molecule has 2 aliphatic rings. The fourth-order valence-corrected chi connectivity index (χ4v) is 4.49. The normalized spacial score (nSPS) is 47.8.